The highest BCUT2D eigenvalue weighted by atomic mass is 32.2. The number of rotatable bonds is 7. The topological polar surface area (TPSA) is 79.3 Å². The molecule has 8 heteroatoms. The molecule has 3 aromatic carbocycles. The molecule has 0 radical (unpaired) electrons. The van der Waals surface area contributed by atoms with E-state index in [1.165, 1.54) is 37.4 Å². The Kier molecular flexibility index (Phi) is 7.07. The first-order valence-corrected chi connectivity index (χ1v) is 12.4. The molecule has 5 nitrogen and oxygen atoms in total. The molecule has 180 valence electrons. The normalized spacial score (nSPS) is 13.4. The summed E-state index contributed by atoms with van der Waals surface area (Å²) in [7, 11) is -4.07. The maximum absolute atomic E-state index is 15.0. The molecule has 0 spiro atoms. The lowest BCUT2D eigenvalue weighted by molar-refractivity contribution is 0.146. The second-order valence-corrected chi connectivity index (χ2v) is 9.93. The third kappa shape index (κ3) is 5.30. The van der Waals surface area contributed by atoms with Crippen LogP contribution in [0.25, 0.3) is 22.3 Å². The lowest BCUT2D eigenvalue weighted by atomic mass is 10.0. The summed E-state index contributed by atoms with van der Waals surface area (Å²) in [6.07, 6.45) is 0.330. The summed E-state index contributed by atoms with van der Waals surface area (Å²) in [4.78, 5) is 3.88. The van der Waals surface area contributed by atoms with Crippen LogP contribution in [0.1, 0.15) is 24.3 Å². The predicted molar refractivity (Wildman–Crippen MR) is 131 cm³/mol. The number of hydrogen-bond acceptors (Lipinski definition) is 4. The average molecular weight is 495 g/mol. The predicted octanol–water partition coefficient (Wildman–Crippen LogP) is 5.40. The summed E-state index contributed by atoms with van der Waals surface area (Å²) < 4.78 is 58.0. The van der Waals surface area contributed by atoms with E-state index in [1.807, 2.05) is 0 Å². The molecule has 2 atom stereocenters. The third-order valence-electron chi connectivity index (χ3n) is 5.75. The van der Waals surface area contributed by atoms with E-state index < -0.39 is 33.8 Å². The quantitative estimate of drug-likeness (QED) is 0.360. The molecule has 4 rings (SSSR count). The van der Waals surface area contributed by atoms with Crippen molar-refractivity contribution in [3.63, 3.8) is 0 Å². The van der Waals surface area contributed by atoms with Crippen molar-refractivity contribution in [3.05, 3.63) is 108 Å². The van der Waals surface area contributed by atoms with Crippen LogP contribution < -0.4 is 4.72 Å². The minimum absolute atomic E-state index is 0.0534. The maximum Gasteiger partial charge on any atom is 0.241 e. The summed E-state index contributed by atoms with van der Waals surface area (Å²) in [6, 6.07) is 19.6. The fraction of sp³-hybridized carbons (Fsp3) is 0.148. The van der Waals surface area contributed by atoms with Crippen molar-refractivity contribution in [3.8, 4) is 22.3 Å². The Morgan fingerprint density at radius 3 is 2.20 bits per heavy atom. The van der Waals surface area contributed by atoms with Gasteiger partial charge in [0.05, 0.1) is 16.7 Å². The molecule has 0 bridgehead atoms. The molecule has 1 heterocycles. The summed E-state index contributed by atoms with van der Waals surface area (Å²) in [5, 5.41) is 10.6. The smallest absolute Gasteiger partial charge is 0.241 e. The zero-order valence-electron chi connectivity index (χ0n) is 19.1. The van der Waals surface area contributed by atoms with Crippen LogP contribution in [-0.4, -0.2) is 24.6 Å². The van der Waals surface area contributed by atoms with Crippen molar-refractivity contribution < 1.29 is 22.3 Å². The Morgan fingerprint density at radius 2 is 1.51 bits per heavy atom. The molecule has 4 aromatic rings. The highest BCUT2D eigenvalue weighted by Gasteiger charge is 2.26. The van der Waals surface area contributed by atoms with Crippen LogP contribution in [0.15, 0.2) is 90.0 Å². The average Bonchev–Trinajstić information content (AvgIpc) is 2.85. The number of benzene rings is 3. The minimum Gasteiger partial charge on any atom is -0.387 e. The second-order valence-electron chi connectivity index (χ2n) is 8.25. The molecular weight excluding hydrogens is 470 g/mol. The summed E-state index contributed by atoms with van der Waals surface area (Å²) >= 11 is 0. The number of halogens is 2. The van der Waals surface area contributed by atoms with E-state index in [2.05, 4.69) is 9.71 Å². The summed E-state index contributed by atoms with van der Waals surface area (Å²) in [5.74, 6) is -1.18. The standard InChI is InChI=1S/C27H24F2N2O3S/c1-17-24(28)15-21(16-30-17)22-13-12-20(14-25(22)29)23-10-6-7-11-26(23)35(33,34)31-18(2)27(32)19-8-4-3-5-9-19/h3-16,18,27,31-32H,1-2H3/t18-,27+/m0/s1. The monoisotopic (exact) mass is 494 g/mol. The number of aliphatic hydroxyl groups is 1. The lowest BCUT2D eigenvalue weighted by Crippen LogP contribution is -2.37. The number of sulfonamides is 1. The number of hydrogen-bond donors (Lipinski definition) is 2. The molecule has 0 saturated carbocycles. The van der Waals surface area contributed by atoms with Crippen LogP contribution in [0.3, 0.4) is 0 Å². The number of aryl methyl sites for hydroxylation is 1. The summed E-state index contributed by atoms with van der Waals surface area (Å²) in [6.45, 7) is 3.09. The van der Waals surface area contributed by atoms with Gasteiger partial charge in [-0.3, -0.25) is 4.98 Å². The molecule has 0 amide bonds. The second kappa shape index (κ2) is 10.0. The summed E-state index contributed by atoms with van der Waals surface area (Å²) in [5.41, 5.74) is 1.85. The van der Waals surface area contributed by atoms with Crippen LogP contribution in [0.4, 0.5) is 8.78 Å². The Morgan fingerprint density at radius 1 is 0.857 bits per heavy atom. The van der Waals surface area contributed by atoms with E-state index >= 15 is 4.39 Å². The van der Waals surface area contributed by atoms with Crippen LogP contribution in [0.2, 0.25) is 0 Å². The maximum atomic E-state index is 15.0. The third-order valence-corrected chi connectivity index (χ3v) is 7.37. The molecular formula is C27H24F2N2O3S. The molecule has 0 aliphatic rings. The van der Waals surface area contributed by atoms with Crippen LogP contribution in [0, 0.1) is 18.6 Å². The zero-order valence-corrected chi connectivity index (χ0v) is 19.9. The van der Waals surface area contributed by atoms with Gasteiger partial charge in [-0.15, -0.1) is 0 Å². The Bertz CT molecular complexity index is 1460. The van der Waals surface area contributed by atoms with Gasteiger partial charge in [-0.2, -0.15) is 0 Å². The Balaban J connectivity index is 1.66. The van der Waals surface area contributed by atoms with E-state index in [0.717, 1.165) is 0 Å². The number of nitrogens with one attached hydrogen (secondary N) is 1. The molecule has 0 unspecified atom stereocenters. The van der Waals surface area contributed by atoms with Crippen molar-refractivity contribution in [2.45, 2.75) is 30.9 Å². The molecule has 2 N–H and O–H groups in total. The molecule has 1 aromatic heterocycles. The minimum atomic E-state index is -4.07. The number of nitrogens with zero attached hydrogens (tertiary/aromatic N) is 1. The molecule has 0 saturated heterocycles. The van der Waals surface area contributed by atoms with Gasteiger partial charge in [0.25, 0.3) is 0 Å². The van der Waals surface area contributed by atoms with Crippen molar-refractivity contribution in [1.29, 1.82) is 0 Å². The molecule has 0 aliphatic carbocycles. The van der Waals surface area contributed by atoms with E-state index in [4.69, 9.17) is 0 Å². The molecule has 35 heavy (non-hydrogen) atoms. The zero-order chi connectivity index (χ0) is 25.2. The van der Waals surface area contributed by atoms with E-state index in [9.17, 15) is 17.9 Å². The number of pyridine rings is 1. The van der Waals surface area contributed by atoms with Gasteiger partial charge in [-0.05, 0) is 43.2 Å². The largest absolute Gasteiger partial charge is 0.387 e. The van der Waals surface area contributed by atoms with E-state index in [-0.39, 0.29) is 21.7 Å². The van der Waals surface area contributed by atoms with E-state index in [0.29, 0.717) is 16.7 Å². The van der Waals surface area contributed by atoms with Crippen molar-refractivity contribution in [2.75, 3.05) is 0 Å². The number of aliphatic hydroxyl groups excluding tert-OH is 1. The van der Waals surface area contributed by atoms with Crippen LogP contribution in [-0.2, 0) is 10.0 Å². The van der Waals surface area contributed by atoms with Crippen molar-refractivity contribution in [2.24, 2.45) is 0 Å². The molecule has 0 aliphatic heterocycles. The van der Waals surface area contributed by atoms with Gasteiger partial charge in [0.2, 0.25) is 10.0 Å². The molecule has 0 fully saturated rings. The van der Waals surface area contributed by atoms with E-state index in [1.54, 1.807) is 61.5 Å². The van der Waals surface area contributed by atoms with Crippen LogP contribution >= 0.6 is 0 Å². The lowest BCUT2D eigenvalue weighted by Gasteiger charge is -2.21. The van der Waals surface area contributed by atoms with Gasteiger partial charge < -0.3 is 5.11 Å². The highest BCUT2D eigenvalue weighted by molar-refractivity contribution is 7.89. The van der Waals surface area contributed by atoms with Gasteiger partial charge in [-0.1, -0.05) is 60.7 Å². The fourth-order valence-electron chi connectivity index (χ4n) is 3.82. The van der Waals surface area contributed by atoms with Gasteiger partial charge >= 0.3 is 0 Å². The Labute approximate surface area is 203 Å². The van der Waals surface area contributed by atoms with Crippen molar-refractivity contribution in [1.82, 2.24) is 9.71 Å². The van der Waals surface area contributed by atoms with Gasteiger partial charge in [-0.25, -0.2) is 21.9 Å². The fourth-order valence-corrected chi connectivity index (χ4v) is 5.30. The van der Waals surface area contributed by atoms with Crippen LogP contribution in [0.5, 0.6) is 0 Å². The number of aromatic nitrogens is 1. The van der Waals surface area contributed by atoms with Crippen molar-refractivity contribution >= 4 is 10.0 Å². The first kappa shape index (κ1) is 24.7. The van der Waals surface area contributed by atoms with Gasteiger partial charge in [0.1, 0.15) is 11.6 Å². The first-order valence-electron chi connectivity index (χ1n) is 10.9. The SMILES string of the molecule is Cc1ncc(-c2ccc(-c3ccccc3S(=O)(=O)N[C@@H](C)[C@@H](O)c3ccccc3)cc2F)cc1F. The first-order chi connectivity index (χ1) is 16.7. The Hall–Kier alpha value is -3.46. The van der Waals surface area contributed by atoms with Gasteiger partial charge in [0, 0.05) is 28.9 Å². The highest BCUT2D eigenvalue weighted by Crippen LogP contribution is 2.32. The van der Waals surface area contributed by atoms with Gasteiger partial charge in [0.15, 0.2) is 0 Å².